The van der Waals surface area contributed by atoms with E-state index in [1.165, 1.54) is 0 Å². The summed E-state index contributed by atoms with van der Waals surface area (Å²) in [6.07, 6.45) is 2.61. The maximum Gasteiger partial charge on any atom is 0.194 e. The molecule has 15 heavy (non-hydrogen) atoms. The van der Waals surface area contributed by atoms with E-state index in [4.69, 9.17) is 17.3 Å². The number of rotatable bonds is 2. The van der Waals surface area contributed by atoms with Crippen LogP contribution in [0.4, 0.5) is 5.69 Å². The Bertz CT molecular complexity index is 426. The number of benzene rings is 1. The lowest BCUT2D eigenvalue weighted by atomic mass is 10.0. The molecule has 78 valence electrons. The van der Waals surface area contributed by atoms with E-state index < -0.39 is 0 Å². The standard InChI is InChI=1S/C11H12ClN3/c1-2-4-8-10-7(12)5-3-6-9(10)15-11(13)14-8/h2-3,5-6,8H,1,4H2,(H3,13,14,15). The number of nitrogens with two attached hydrogens (primary N) is 1. The van der Waals surface area contributed by atoms with E-state index in [0.29, 0.717) is 11.0 Å². The molecule has 0 aliphatic carbocycles. The second-order valence-electron chi connectivity index (χ2n) is 3.39. The van der Waals surface area contributed by atoms with Gasteiger partial charge in [0, 0.05) is 10.6 Å². The number of aliphatic imine (C=N–C) groups is 1. The van der Waals surface area contributed by atoms with Crippen LogP contribution in [0, 0.1) is 0 Å². The Kier molecular flexibility index (Phi) is 2.64. The van der Waals surface area contributed by atoms with E-state index in [9.17, 15) is 0 Å². The molecular weight excluding hydrogens is 210 g/mol. The van der Waals surface area contributed by atoms with Gasteiger partial charge in [-0.3, -0.25) is 0 Å². The van der Waals surface area contributed by atoms with Crippen molar-refractivity contribution in [3.63, 3.8) is 0 Å². The van der Waals surface area contributed by atoms with Gasteiger partial charge in [0.15, 0.2) is 5.96 Å². The van der Waals surface area contributed by atoms with Crippen molar-refractivity contribution in [2.45, 2.75) is 12.5 Å². The molecule has 0 saturated carbocycles. The molecule has 1 aromatic carbocycles. The van der Waals surface area contributed by atoms with Crippen molar-refractivity contribution >= 4 is 23.2 Å². The van der Waals surface area contributed by atoms with Crippen LogP contribution in [0.25, 0.3) is 0 Å². The van der Waals surface area contributed by atoms with Crippen LogP contribution in [0.5, 0.6) is 0 Å². The number of fused-ring (bicyclic) bond motifs is 1. The molecule has 1 aromatic rings. The van der Waals surface area contributed by atoms with Crippen molar-refractivity contribution in [3.8, 4) is 0 Å². The quantitative estimate of drug-likeness (QED) is 0.754. The second kappa shape index (κ2) is 3.95. The minimum Gasteiger partial charge on any atom is -0.370 e. The maximum absolute atomic E-state index is 6.14. The highest BCUT2D eigenvalue weighted by molar-refractivity contribution is 6.31. The number of hydrogen-bond acceptors (Lipinski definition) is 3. The zero-order valence-corrected chi connectivity index (χ0v) is 8.96. The minimum atomic E-state index is 0.0729. The van der Waals surface area contributed by atoms with Crippen molar-refractivity contribution in [2.75, 3.05) is 0 Å². The summed E-state index contributed by atoms with van der Waals surface area (Å²) in [6.45, 7) is 3.72. The van der Waals surface area contributed by atoms with Gasteiger partial charge in [0.2, 0.25) is 0 Å². The van der Waals surface area contributed by atoms with Crippen LogP contribution in [0.1, 0.15) is 18.0 Å². The number of nitrogens with zero attached hydrogens (tertiary/aromatic N) is 1. The molecule has 0 saturated heterocycles. The third-order valence-corrected chi connectivity index (χ3v) is 2.67. The van der Waals surface area contributed by atoms with E-state index in [-0.39, 0.29) is 6.04 Å². The third kappa shape index (κ3) is 1.83. The first-order valence-corrected chi connectivity index (χ1v) is 5.10. The molecule has 1 heterocycles. The maximum atomic E-state index is 6.14. The monoisotopic (exact) mass is 221 g/mol. The summed E-state index contributed by atoms with van der Waals surface area (Å²) >= 11 is 6.14. The molecule has 0 spiro atoms. The highest BCUT2D eigenvalue weighted by atomic mass is 35.5. The van der Waals surface area contributed by atoms with Crippen LogP contribution in [0.2, 0.25) is 5.02 Å². The van der Waals surface area contributed by atoms with Gasteiger partial charge in [0.25, 0.3) is 0 Å². The third-order valence-electron chi connectivity index (χ3n) is 2.34. The molecule has 3 nitrogen and oxygen atoms in total. The smallest absolute Gasteiger partial charge is 0.194 e. The Hall–Kier alpha value is -1.48. The summed E-state index contributed by atoms with van der Waals surface area (Å²) in [4.78, 5) is 4.20. The Balaban J connectivity index is 2.51. The molecule has 2 rings (SSSR count). The number of nitrogens with one attached hydrogen (secondary N) is 1. The first-order chi connectivity index (χ1) is 7.22. The van der Waals surface area contributed by atoms with Crippen LogP contribution in [-0.2, 0) is 0 Å². The lowest BCUT2D eigenvalue weighted by Gasteiger charge is -2.25. The molecular formula is C11H12ClN3. The highest BCUT2D eigenvalue weighted by Crippen LogP contribution is 2.36. The zero-order valence-electron chi connectivity index (χ0n) is 8.20. The van der Waals surface area contributed by atoms with Gasteiger partial charge in [-0.25, -0.2) is 4.99 Å². The van der Waals surface area contributed by atoms with Crippen molar-refractivity contribution in [1.82, 2.24) is 5.32 Å². The Labute approximate surface area is 93.6 Å². The average Bonchev–Trinajstić information content (AvgIpc) is 2.17. The van der Waals surface area contributed by atoms with Crippen molar-refractivity contribution < 1.29 is 0 Å². The molecule has 3 N–H and O–H groups in total. The normalized spacial score (nSPS) is 18.7. The number of halogens is 1. The van der Waals surface area contributed by atoms with Gasteiger partial charge in [0.1, 0.15) is 0 Å². The van der Waals surface area contributed by atoms with E-state index in [0.717, 1.165) is 17.7 Å². The van der Waals surface area contributed by atoms with Crippen molar-refractivity contribution in [1.29, 1.82) is 0 Å². The fraction of sp³-hybridized carbons (Fsp3) is 0.182. The van der Waals surface area contributed by atoms with E-state index in [1.807, 2.05) is 24.3 Å². The Morgan fingerprint density at radius 2 is 2.40 bits per heavy atom. The SMILES string of the molecule is C=CCC1NC(N)=Nc2cccc(Cl)c21. The van der Waals surface area contributed by atoms with E-state index in [2.05, 4.69) is 16.9 Å². The second-order valence-corrected chi connectivity index (χ2v) is 3.80. The molecule has 1 unspecified atom stereocenters. The summed E-state index contributed by atoms with van der Waals surface area (Å²) in [5.74, 6) is 0.427. The molecule has 1 aliphatic heterocycles. The van der Waals surface area contributed by atoms with Gasteiger partial charge >= 0.3 is 0 Å². The lowest BCUT2D eigenvalue weighted by molar-refractivity contribution is 0.645. The van der Waals surface area contributed by atoms with E-state index in [1.54, 1.807) is 0 Å². The lowest BCUT2D eigenvalue weighted by Crippen LogP contribution is -2.37. The molecule has 1 aliphatic rings. The highest BCUT2D eigenvalue weighted by Gasteiger charge is 2.21. The fourth-order valence-electron chi connectivity index (χ4n) is 1.72. The molecule has 0 bridgehead atoms. The van der Waals surface area contributed by atoms with Gasteiger partial charge in [0.05, 0.1) is 11.7 Å². The predicted octanol–water partition coefficient (Wildman–Crippen LogP) is 2.51. The van der Waals surface area contributed by atoms with Gasteiger partial charge in [-0.2, -0.15) is 0 Å². The molecule has 1 atom stereocenters. The average molecular weight is 222 g/mol. The van der Waals surface area contributed by atoms with Crippen LogP contribution in [0.3, 0.4) is 0 Å². The summed E-state index contributed by atoms with van der Waals surface area (Å²) in [5, 5.41) is 3.80. The van der Waals surface area contributed by atoms with Crippen LogP contribution in [-0.4, -0.2) is 5.96 Å². The molecule has 0 radical (unpaired) electrons. The number of hydrogen-bond donors (Lipinski definition) is 2. The minimum absolute atomic E-state index is 0.0729. The number of guanidine groups is 1. The summed E-state index contributed by atoms with van der Waals surface area (Å²) in [6, 6.07) is 5.71. The van der Waals surface area contributed by atoms with Gasteiger partial charge in [-0.05, 0) is 18.6 Å². The van der Waals surface area contributed by atoms with Crippen molar-refractivity contribution in [2.24, 2.45) is 10.7 Å². The molecule has 0 amide bonds. The Morgan fingerprint density at radius 1 is 1.60 bits per heavy atom. The van der Waals surface area contributed by atoms with E-state index >= 15 is 0 Å². The molecule has 0 aromatic heterocycles. The van der Waals surface area contributed by atoms with Crippen molar-refractivity contribution in [3.05, 3.63) is 41.4 Å². The topological polar surface area (TPSA) is 50.4 Å². The molecule has 0 fully saturated rings. The van der Waals surface area contributed by atoms with Gasteiger partial charge < -0.3 is 11.1 Å². The summed E-state index contributed by atoms with van der Waals surface area (Å²) in [7, 11) is 0. The van der Waals surface area contributed by atoms with Gasteiger partial charge in [-0.1, -0.05) is 23.7 Å². The Morgan fingerprint density at radius 3 is 3.13 bits per heavy atom. The molecule has 4 heteroatoms. The van der Waals surface area contributed by atoms with Gasteiger partial charge in [-0.15, -0.1) is 6.58 Å². The fourth-order valence-corrected chi connectivity index (χ4v) is 2.03. The summed E-state index contributed by atoms with van der Waals surface area (Å²) in [5.41, 5.74) is 7.51. The van der Waals surface area contributed by atoms with Crippen LogP contribution in [0.15, 0.2) is 35.8 Å². The summed E-state index contributed by atoms with van der Waals surface area (Å²) < 4.78 is 0. The van der Waals surface area contributed by atoms with Crippen LogP contribution < -0.4 is 11.1 Å². The first-order valence-electron chi connectivity index (χ1n) is 4.72. The predicted molar refractivity (Wildman–Crippen MR) is 63.4 cm³/mol. The largest absolute Gasteiger partial charge is 0.370 e. The zero-order chi connectivity index (χ0) is 10.8. The first kappa shape index (κ1) is 10.1. The van der Waals surface area contributed by atoms with Crippen LogP contribution >= 0.6 is 11.6 Å².